The number of benzene rings is 1. The lowest BCUT2D eigenvalue weighted by molar-refractivity contribution is 0.121. The SMILES string of the molecule is Cc1noc(Br)c1NC(=O)O[C@H](C)c1ccccc1Cl. The molecule has 0 bridgehead atoms. The minimum Gasteiger partial charge on any atom is -0.441 e. The van der Waals surface area contributed by atoms with E-state index in [-0.39, 0.29) is 0 Å². The molecule has 20 heavy (non-hydrogen) atoms. The lowest BCUT2D eigenvalue weighted by Gasteiger charge is -2.15. The molecule has 7 heteroatoms. The minimum absolute atomic E-state index is 0.345. The van der Waals surface area contributed by atoms with Gasteiger partial charge in [-0.1, -0.05) is 35.0 Å². The summed E-state index contributed by atoms with van der Waals surface area (Å²) in [5.41, 5.74) is 1.74. The maximum atomic E-state index is 11.8. The van der Waals surface area contributed by atoms with Crippen LogP contribution in [0.5, 0.6) is 0 Å². The summed E-state index contributed by atoms with van der Waals surface area (Å²) in [5.74, 6) is 0. The van der Waals surface area contributed by atoms with Crippen LogP contribution in [-0.2, 0) is 4.74 Å². The van der Waals surface area contributed by atoms with Crippen LogP contribution in [0.15, 0.2) is 33.5 Å². The first-order valence-electron chi connectivity index (χ1n) is 5.83. The van der Waals surface area contributed by atoms with Crippen molar-refractivity contribution in [2.75, 3.05) is 5.32 Å². The molecule has 1 heterocycles. The maximum absolute atomic E-state index is 11.8. The van der Waals surface area contributed by atoms with E-state index in [1.54, 1.807) is 26.0 Å². The smallest absolute Gasteiger partial charge is 0.412 e. The number of amides is 1. The number of hydrogen-bond acceptors (Lipinski definition) is 4. The number of nitrogens with zero attached hydrogens (tertiary/aromatic N) is 1. The Balaban J connectivity index is 2.04. The fraction of sp³-hybridized carbons (Fsp3) is 0.231. The predicted molar refractivity (Wildman–Crippen MR) is 78.9 cm³/mol. The Morgan fingerprint density at radius 2 is 2.20 bits per heavy atom. The summed E-state index contributed by atoms with van der Waals surface area (Å²) in [5, 5.41) is 6.83. The zero-order chi connectivity index (χ0) is 14.7. The van der Waals surface area contributed by atoms with Gasteiger partial charge < -0.3 is 9.26 Å². The Labute approximate surface area is 129 Å². The fourth-order valence-electron chi connectivity index (χ4n) is 1.64. The highest BCUT2D eigenvalue weighted by molar-refractivity contribution is 9.10. The van der Waals surface area contributed by atoms with Gasteiger partial charge >= 0.3 is 6.09 Å². The summed E-state index contributed by atoms with van der Waals surface area (Å²) in [6.45, 7) is 3.46. The molecule has 106 valence electrons. The lowest BCUT2D eigenvalue weighted by atomic mass is 10.1. The molecular formula is C13H12BrClN2O3. The molecule has 0 aliphatic heterocycles. The van der Waals surface area contributed by atoms with E-state index in [9.17, 15) is 4.79 Å². The number of anilines is 1. The second kappa shape index (κ2) is 6.28. The summed E-state index contributed by atoms with van der Waals surface area (Å²) in [4.78, 5) is 11.8. The number of carbonyl (C=O) groups excluding carboxylic acids is 1. The second-order valence-corrected chi connectivity index (χ2v) is 5.24. The van der Waals surface area contributed by atoms with Gasteiger partial charge in [-0.3, -0.25) is 5.32 Å². The van der Waals surface area contributed by atoms with Crippen LogP contribution in [0, 0.1) is 6.92 Å². The first kappa shape index (κ1) is 14.9. The quantitative estimate of drug-likeness (QED) is 0.862. The van der Waals surface area contributed by atoms with Crippen molar-refractivity contribution < 1.29 is 14.1 Å². The van der Waals surface area contributed by atoms with Crippen molar-refractivity contribution in [3.63, 3.8) is 0 Å². The summed E-state index contributed by atoms with van der Waals surface area (Å²) >= 11 is 9.20. The molecule has 1 amide bonds. The van der Waals surface area contributed by atoms with Crippen molar-refractivity contribution in [1.82, 2.24) is 5.16 Å². The molecule has 0 saturated heterocycles. The topological polar surface area (TPSA) is 64.4 Å². The van der Waals surface area contributed by atoms with E-state index >= 15 is 0 Å². The minimum atomic E-state index is -0.607. The first-order chi connectivity index (χ1) is 9.49. The van der Waals surface area contributed by atoms with Gasteiger partial charge in [0.05, 0.1) is 0 Å². The summed E-state index contributed by atoms with van der Waals surface area (Å²) < 4.78 is 10.5. The van der Waals surface area contributed by atoms with E-state index < -0.39 is 12.2 Å². The zero-order valence-electron chi connectivity index (χ0n) is 10.8. The highest BCUT2D eigenvalue weighted by atomic mass is 79.9. The van der Waals surface area contributed by atoms with Gasteiger partial charge in [-0.25, -0.2) is 4.79 Å². The summed E-state index contributed by atoms with van der Waals surface area (Å²) in [6.07, 6.45) is -1.08. The van der Waals surface area contributed by atoms with Crippen LogP contribution in [0.1, 0.15) is 24.3 Å². The van der Waals surface area contributed by atoms with Crippen LogP contribution >= 0.6 is 27.5 Å². The number of hydrogen-bond donors (Lipinski definition) is 1. The standard InChI is InChI=1S/C13H12BrClN2O3/c1-7-11(12(14)20-17-7)16-13(18)19-8(2)9-5-3-4-6-10(9)15/h3-6,8H,1-2H3,(H,16,18)/t8-/m1/s1. The highest BCUT2D eigenvalue weighted by Gasteiger charge is 2.18. The number of carbonyl (C=O) groups is 1. The molecule has 0 radical (unpaired) electrons. The number of rotatable bonds is 3. The Morgan fingerprint density at radius 3 is 2.80 bits per heavy atom. The van der Waals surface area contributed by atoms with Crippen LogP contribution in [0.4, 0.5) is 10.5 Å². The van der Waals surface area contributed by atoms with Crippen molar-refractivity contribution in [3.05, 3.63) is 45.2 Å². The highest BCUT2D eigenvalue weighted by Crippen LogP contribution is 2.28. The third-order valence-electron chi connectivity index (χ3n) is 2.68. The third kappa shape index (κ3) is 3.32. The predicted octanol–water partition coefficient (Wildman–Crippen LogP) is 4.71. The summed E-state index contributed by atoms with van der Waals surface area (Å²) in [6, 6.07) is 7.20. The maximum Gasteiger partial charge on any atom is 0.412 e. The molecule has 0 unspecified atom stereocenters. The Kier molecular flexibility index (Phi) is 4.67. The molecule has 0 fully saturated rings. The van der Waals surface area contributed by atoms with Crippen LogP contribution in [-0.4, -0.2) is 11.2 Å². The Bertz CT molecular complexity index is 610. The van der Waals surface area contributed by atoms with E-state index in [4.69, 9.17) is 20.9 Å². The second-order valence-electron chi connectivity index (χ2n) is 4.11. The van der Waals surface area contributed by atoms with Gasteiger partial charge in [0.25, 0.3) is 0 Å². The lowest BCUT2D eigenvalue weighted by Crippen LogP contribution is -2.16. The molecule has 2 rings (SSSR count). The van der Waals surface area contributed by atoms with Gasteiger partial charge in [-0.2, -0.15) is 0 Å². The van der Waals surface area contributed by atoms with Crippen LogP contribution in [0.2, 0.25) is 5.02 Å². The average molecular weight is 360 g/mol. The molecular weight excluding hydrogens is 348 g/mol. The molecule has 5 nitrogen and oxygen atoms in total. The van der Waals surface area contributed by atoms with Gasteiger partial charge in [-0.05, 0) is 35.8 Å². The molecule has 0 saturated carbocycles. The van der Waals surface area contributed by atoms with Gasteiger partial charge in [0.1, 0.15) is 17.5 Å². The van der Waals surface area contributed by atoms with Crippen LogP contribution < -0.4 is 5.32 Å². The van der Waals surface area contributed by atoms with Crippen molar-refractivity contribution in [2.45, 2.75) is 20.0 Å². The van der Waals surface area contributed by atoms with Gasteiger partial charge in [-0.15, -0.1) is 0 Å². The van der Waals surface area contributed by atoms with Crippen molar-refractivity contribution >= 4 is 39.3 Å². The van der Waals surface area contributed by atoms with E-state index in [2.05, 4.69) is 26.4 Å². The van der Waals surface area contributed by atoms with E-state index in [0.29, 0.717) is 21.1 Å². The van der Waals surface area contributed by atoms with Gasteiger partial charge in [0.15, 0.2) is 0 Å². The molecule has 2 aromatic rings. The van der Waals surface area contributed by atoms with Gasteiger partial charge in [0, 0.05) is 10.6 Å². The summed E-state index contributed by atoms with van der Waals surface area (Å²) in [7, 11) is 0. The Morgan fingerprint density at radius 1 is 1.50 bits per heavy atom. The number of nitrogens with one attached hydrogen (secondary N) is 1. The first-order valence-corrected chi connectivity index (χ1v) is 7.00. The Hall–Kier alpha value is -1.53. The van der Waals surface area contributed by atoms with Crippen LogP contribution in [0.25, 0.3) is 0 Å². The molecule has 1 N–H and O–H groups in total. The molecule has 1 aromatic heterocycles. The zero-order valence-corrected chi connectivity index (χ0v) is 13.2. The average Bonchev–Trinajstić information content (AvgIpc) is 2.71. The largest absolute Gasteiger partial charge is 0.441 e. The fourth-order valence-corrected chi connectivity index (χ4v) is 2.39. The molecule has 0 spiro atoms. The van der Waals surface area contributed by atoms with Crippen molar-refractivity contribution in [1.29, 1.82) is 0 Å². The van der Waals surface area contributed by atoms with Crippen LogP contribution in [0.3, 0.4) is 0 Å². The van der Waals surface area contributed by atoms with E-state index in [1.807, 2.05) is 12.1 Å². The normalized spacial score (nSPS) is 12.0. The van der Waals surface area contributed by atoms with E-state index in [0.717, 1.165) is 5.56 Å². The van der Waals surface area contributed by atoms with Crippen molar-refractivity contribution in [3.8, 4) is 0 Å². The molecule has 1 atom stereocenters. The number of aryl methyl sites for hydroxylation is 1. The third-order valence-corrected chi connectivity index (χ3v) is 3.56. The number of ether oxygens (including phenoxy) is 1. The van der Waals surface area contributed by atoms with E-state index in [1.165, 1.54) is 0 Å². The molecule has 0 aliphatic carbocycles. The number of halogens is 2. The molecule has 0 aliphatic rings. The van der Waals surface area contributed by atoms with Crippen molar-refractivity contribution in [2.24, 2.45) is 0 Å². The number of aromatic nitrogens is 1. The molecule has 1 aromatic carbocycles. The van der Waals surface area contributed by atoms with Gasteiger partial charge in [0.2, 0.25) is 4.67 Å². The monoisotopic (exact) mass is 358 g/mol.